The average Bonchev–Trinajstić information content (AvgIpc) is 2.88. The van der Waals surface area contributed by atoms with E-state index in [4.69, 9.17) is 51.7 Å². The van der Waals surface area contributed by atoms with Crippen LogP contribution in [0.5, 0.6) is 0 Å². The molecule has 0 N–H and O–H groups in total. The fourth-order valence-electron chi connectivity index (χ4n) is 2.44. The van der Waals surface area contributed by atoms with Gasteiger partial charge in [0.2, 0.25) is 0 Å². The molecule has 0 heterocycles. The Morgan fingerprint density at radius 3 is 1.15 bits per heavy atom. The minimum absolute atomic E-state index is 0. The second kappa shape index (κ2) is 16.1. The van der Waals surface area contributed by atoms with E-state index in [0.717, 1.165) is 12.1 Å². The first-order chi connectivity index (χ1) is 20.2. The van der Waals surface area contributed by atoms with Gasteiger partial charge in [0.05, 0.1) is 21.7 Å². The number of hydrogen-bond acceptors (Lipinski definition) is 4. The molecule has 0 unspecified atom stereocenters. The molecule has 0 aliphatic rings. The van der Waals surface area contributed by atoms with Crippen molar-refractivity contribution in [2.45, 2.75) is 43.0 Å². The molecule has 0 fully saturated rings. The Balaban J connectivity index is 0.00000381. The van der Waals surface area contributed by atoms with Crippen LogP contribution in [0.25, 0.3) is 5.32 Å². The summed E-state index contributed by atoms with van der Waals surface area (Å²) in [5.41, 5.74) is -2.47. The first-order valence-electron chi connectivity index (χ1n) is 10.9. The molecule has 0 bridgehead atoms. The molecule has 0 spiro atoms. The van der Waals surface area contributed by atoms with Crippen molar-refractivity contribution in [3.63, 3.8) is 0 Å². The summed E-state index contributed by atoms with van der Waals surface area (Å²) < 4.78 is 191. The van der Waals surface area contributed by atoms with E-state index in [9.17, 15) is 61.5 Å². The second-order valence-corrected chi connectivity index (χ2v) is 9.56. The smallest absolute Gasteiger partial charge is 0.723 e. The molecule has 0 radical (unpaired) electrons. The van der Waals surface area contributed by atoms with Gasteiger partial charge in [-0.05, 0) is 43.3 Å². The average molecular weight is 823 g/mol. The van der Waals surface area contributed by atoms with Gasteiger partial charge >= 0.3 is 55.5 Å². The molecule has 24 heteroatoms. The minimum atomic E-state index is -7.23. The fourth-order valence-corrected chi connectivity index (χ4v) is 3.34. The van der Waals surface area contributed by atoms with Gasteiger partial charge in [0.15, 0.2) is 0 Å². The number of rotatable bonds is 7. The van der Waals surface area contributed by atoms with Crippen molar-refractivity contribution in [3.8, 4) is 0 Å². The standard InChI is InChI=1S/C20H6Cl4F14N3.C2H6O2.Zn/c21-7-1-3-11(9(23)5-7)39-13(15(25,26)17(29,30)19(33,34)35)41-14(16(27,28)18(31,32)20(36,37)38)40-12-4-2-8(22)6-10(12)24;1-2-4-3;/h1-6H;3H,2H2,1H3;/q-1;;+2/p-1. The van der Waals surface area contributed by atoms with Crippen LogP contribution < -0.4 is 5.26 Å². The maximum atomic E-state index is 14.7. The number of halogens is 18. The van der Waals surface area contributed by atoms with E-state index in [0.29, 0.717) is 24.3 Å². The van der Waals surface area contributed by atoms with Crippen molar-refractivity contribution in [2.75, 3.05) is 6.61 Å². The summed E-state index contributed by atoms with van der Waals surface area (Å²) in [4.78, 5) is 8.41. The third-order valence-corrected chi connectivity index (χ3v) is 5.74. The molecule has 0 aromatic heterocycles. The topological polar surface area (TPSA) is 71.1 Å². The summed E-state index contributed by atoms with van der Waals surface area (Å²) in [5, 5.41) is 8.31. The molecule has 0 atom stereocenters. The first-order valence-corrected chi connectivity index (χ1v) is 12.4. The van der Waals surface area contributed by atoms with Gasteiger partial charge in [0, 0.05) is 28.0 Å². The van der Waals surface area contributed by atoms with E-state index >= 15 is 0 Å². The van der Waals surface area contributed by atoms with E-state index in [-0.39, 0.29) is 36.1 Å². The monoisotopic (exact) mass is 819 g/mol. The normalized spacial score (nSPS) is 13.9. The number of alkyl halides is 14. The number of aliphatic imine (C=N–C) groups is 2. The Morgan fingerprint density at radius 2 is 0.935 bits per heavy atom. The molecule has 5 nitrogen and oxygen atoms in total. The second-order valence-electron chi connectivity index (χ2n) is 7.87. The third-order valence-electron chi connectivity index (χ3n) is 4.66. The van der Waals surface area contributed by atoms with Crippen molar-refractivity contribution in [1.29, 1.82) is 0 Å². The van der Waals surface area contributed by atoms with Crippen LogP contribution in [0.4, 0.5) is 72.8 Å². The van der Waals surface area contributed by atoms with Crippen molar-refractivity contribution in [1.82, 2.24) is 0 Å². The van der Waals surface area contributed by atoms with Crippen molar-refractivity contribution < 1.29 is 91.1 Å². The Labute approximate surface area is 281 Å². The zero-order valence-corrected chi connectivity index (χ0v) is 27.8. The van der Waals surface area contributed by atoms with Crippen LogP contribution in [0.3, 0.4) is 0 Å². The Hall–Kier alpha value is -1.70. The number of benzene rings is 2. The summed E-state index contributed by atoms with van der Waals surface area (Å²) in [7, 11) is 0. The molecule has 0 amide bonds. The molecule has 0 saturated heterocycles. The molecule has 46 heavy (non-hydrogen) atoms. The van der Waals surface area contributed by atoms with Gasteiger partial charge in [-0.25, -0.2) is 0 Å². The SMILES string of the molecule is CCO[O-].FC(F)(F)C(F)(F)C(F)(F)C(=Nc1ccc(Cl)cc1Cl)[N-]C(=Nc1ccc(Cl)cc1Cl)C(F)(F)C(F)(F)C(F)(F)F.[Zn+2]. The van der Waals surface area contributed by atoms with Gasteiger partial charge in [-0.2, -0.15) is 61.5 Å². The zero-order valence-electron chi connectivity index (χ0n) is 21.8. The van der Waals surface area contributed by atoms with Gasteiger partial charge in [-0.3, -0.25) is 0 Å². The van der Waals surface area contributed by atoms with Gasteiger partial charge in [-0.15, -0.1) is 0 Å². The number of nitrogens with zero attached hydrogens (tertiary/aromatic N) is 3. The molecule has 254 valence electrons. The molecular weight excluding hydrogens is 811 g/mol. The van der Waals surface area contributed by atoms with E-state index in [1.807, 2.05) is 5.32 Å². The quantitative estimate of drug-likeness (QED) is 0.0697. The number of hydrogen-bond donors (Lipinski definition) is 0. The molecular formula is C22H11Cl4F14N3O2Zn. The minimum Gasteiger partial charge on any atom is -0.723 e. The van der Waals surface area contributed by atoms with Crippen LogP contribution in [0.2, 0.25) is 20.1 Å². The maximum absolute atomic E-state index is 14.7. The molecule has 2 rings (SSSR count). The predicted molar refractivity (Wildman–Crippen MR) is 134 cm³/mol. The summed E-state index contributed by atoms with van der Waals surface area (Å²) in [6, 6.07) is 3.62. The van der Waals surface area contributed by atoms with Crippen molar-refractivity contribution >= 4 is 69.4 Å². The Bertz CT molecular complexity index is 1300. The zero-order chi connectivity index (χ0) is 35.4. The summed E-state index contributed by atoms with van der Waals surface area (Å²) in [6.45, 7) is 1.91. The Kier molecular flexibility index (Phi) is 15.5. The maximum Gasteiger partial charge on any atom is 2.00 e. The summed E-state index contributed by atoms with van der Waals surface area (Å²) >= 11 is 22.2. The van der Waals surface area contributed by atoms with Crippen molar-refractivity contribution in [2.24, 2.45) is 9.98 Å². The van der Waals surface area contributed by atoms with E-state index < -0.39 is 69.1 Å². The van der Waals surface area contributed by atoms with E-state index in [1.165, 1.54) is 0 Å². The molecule has 2 aromatic carbocycles. The van der Waals surface area contributed by atoms with Crippen LogP contribution in [0, 0.1) is 0 Å². The van der Waals surface area contributed by atoms with Crippen LogP contribution in [-0.2, 0) is 24.4 Å². The summed E-state index contributed by atoms with van der Waals surface area (Å²) in [6.07, 6.45) is -14.3. The third kappa shape index (κ3) is 9.92. The van der Waals surface area contributed by atoms with Gasteiger partial charge in [-0.1, -0.05) is 46.4 Å². The number of amidine groups is 2. The van der Waals surface area contributed by atoms with Gasteiger partial charge < -0.3 is 25.4 Å². The molecule has 0 aliphatic heterocycles. The molecule has 0 aliphatic carbocycles. The van der Waals surface area contributed by atoms with E-state index in [2.05, 4.69) is 14.9 Å². The van der Waals surface area contributed by atoms with Crippen LogP contribution in [-0.4, -0.2) is 54.3 Å². The van der Waals surface area contributed by atoms with E-state index in [1.54, 1.807) is 6.92 Å². The fraction of sp³-hybridized carbons (Fsp3) is 0.364. The van der Waals surface area contributed by atoms with Gasteiger partial charge in [0.1, 0.15) is 0 Å². The first kappa shape index (κ1) is 44.3. The Morgan fingerprint density at radius 1 is 0.652 bits per heavy atom. The largest absolute Gasteiger partial charge is 2.00 e. The molecule has 2 aromatic rings. The van der Waals surface area contributed by atoms with Crippen LogP contribution in [0.15, 0.2) is 46.4 Å². The predicted octanol–water partition coefficient (Wildman–Crippen LogP) is 10.4. The van der Waals surface area contributed by atoms with Crippen LogP contribution in [0.1, 0.15) is 6.92 Å². The van der Waals surface area contributed by atoms with Crippen molar-refractivity contribution in [3.05, 3.63) is 61.8 Å². The molecule has 0 saturated carbocycles. The summed E-state index contributed by atoms with van der Waals surface area (Å²) in [5.74, 6) is -34.8. The van der Waals surface area contributed by atoms with Crippen LogP contribution >= 0.6 is 46.4 Å². The van der Waals surface area contributed by atoms with Gasteiger partial charge in [0.25, 0.3) is 0 Å².